The van der Waals surface area contributed by atoms with E-state index in [1.54, 1.807) is 0 Å². The number of nitrogens with zero attached hydrogens (tertiary/aromatic N) is 2. The smallest absolute Gasteiger partial charge is 0.160 e. The number of nitrogens with two attached hydrogens (primary N) is 2. The lowest BCUT2D eigenvalue weighted by Crippen LogP contribution is -2.32. The van der Waals surface area contributed by atoms with Crippen molar-refractivity contribution in [2.45, 2.75) is 5.41 Å². The highest BCUT2D eigenvalue weighted by atomic mass is 16.5. The molecule has 0 fully saturated rings. The molecule has 1 unspecified atom stereocenters. The van der Waals surface area contributed by atoms with Crippen LogP contribution in [0.4, 0.5) is 11.4 Å². The van der Waals surface area contributed by atoms with E-state index in [2.05, 4.69) is 127 Å². The summed E-state index contributed by atoms with van der Waals surface area (Å²) >= 11 is 0. The van der Waals surface area contributed by atoms with Crippen LogP contribution in [0.1, 0.15) is 22.3 Å². The van der Waals surface area contributed by atoms with Gasteiger partial charge in [0.15, 0.2) is 5.82 Å². The maximum atomic E-state index is 7.09. The Morgan fingerprint density at radius 2 is 0.983 bits per heavy atom. The van der Waals surface area contributed by atoms with E-state index in [-0.39, 0.29) is 0 Å². The van der Waals surface area contributed by atoms with Crippen molar-refractivity contribution in [2.75, 3.05) is 11.5 Å². The van der Waals surface area contributed by atoms with Crippen LogP contribution in [0.25, 0.3) is 67.3 Å². The maximum Gasteiger partial charge on any atom is 0.160 e. The van der Waals surface area contributed by atoms with E-state index in [0.29, 0.717) is 11.5 Å². The van der Waals surface area contributed by atoms with Crippen molar-refractivity contribution in [3.63, 3.8) is 0 Å². The molecule has 8 aromatic carbocycles. The number of hydrogen-bond acceptors (Lipinski definition) is 5. The number of benzene rings is 8. The molecule has 1 aromatic heterocycles. The Bertz CT molecular complexity index is 2990. The fourth-order valence-corrected chi connectivity index (χ4v) is 9.12. The molecular formula is C53H36N4O. The molecule has 2 aliphatic rings. The third-order valence-corrected chi connectivity index (χ3v) is 11.6. The van der Waals surface area contributed by atoms with Gasteiger partial charge in [-0.1, -0.05) is 146 Å². The molecule has 0 saturated heterocycles. The molecule has 2 heterocycles. The van der Waals surface area contributed by atoms with Crippen molar-refractivity contribution < 1.29 is 4.74 Å². The third-order valence-electron chi connectivity index (χ3n) is 11.6. The molecule has 1 atom stereocenters. The zero-order chi connectivity index (χ0) is 38.8. The summed E-state index contributed by atoms with van der Waals surface area (Å²) in [6.45, 7) is 0. The average Bonchev–Trinajstić information content (AvgIpc) is 3.57. The maximum absolute atomic E-state index is 7.09. The van der Waals surface area contributed by atoms with Crippen molar-refractivity contribution in [3.05, 3.63) is 216 Å². The Morgan fingerprint density at radius 3 is 1.78 bits per heavy atom. The van der Waals surface area contributed by atoms with E-state index in [4.69, 9.17) is 26.2 Å². The van der Waals surface area contributed by atoms with Crippen molar-refractivity contribution in [2.24, 2.45) is 0 Å². The van der Waals surface area contributed by atoms with Gasteiger partial charge < -0.3 is 16.2 Å². The second-order valence-electron chi connectivity index (χ2n) is 15.0. The number of fused-ring (bicyclic) bond motifs is 9. The van der Waals surface area contributed by atoms with E-state index in [9.17, 15) is 0 Å². The van der Waals surface area contributed by atoms with Gasteiger partial charge in [-0.25, -0.2) is 9.97 Å². The molecule has 11 rings (SSSR count). The van der Waals surface area contributed by atoms with Gasteiger partial charge >= 0.3 is 0 Å². The van der Waals surface area contributed by atoms with Gasteiger partial charge in [0.05, 0.1) is 16.8 Å². The summed E-state index contributed by atoms with van der Waals surface area (Å²) in [7, 11) is 0. The van der Waals surface area contributed by atoms with Crippen LogP contribution in [0.5, 0.6) is 11.5 Å². The number of para-hydroxylation sites is 2. The van der Waals surface area contributed by atoms with E-state index >= 15 is 0 Å². The fourth-order valence-electron chi connectivity index (χ4n) is 9.12. The topological polar surface area (TPSA) is 87.0 Å². The minimum Gasteiger partial charge on any atom is -0.456 e. The highest BCUT2D eigenvalue weighted by molar-refractivity contribution is 5.98. The zero-order valence-electron chi connectivity index (χ0n) is 31.4. The Labute approximate surface area is 336 Å². The van der Waals surface area contributed by atoms with Gasteiger partial charge in [0, 0.05) is 39.2 Å². The van der Waals surface area contributed by atoms with Crippen LogP contribution in [0.3, 0.4) is 0 Å². The summed E-state index contributed by atoms with van der Waals surface area (Å²) < 4.78 is 7.09. The fraction of sp³-hybridized carbons (Fsp3) is 0.0189. The Kier molecular flexibility index (Phi) is 7.63. The monoisotopic (exact) mass is 744 g/mol. The molecule has 5 nitrogen and oxygen atoms in total. The molecule has 0 radical (unpaired) electrons. The van der Waals surface area contributed by atoms with Crippen molar-refractivity contribution in [3.8, 4) is 78.8 Å². The SMILES string of the molecule is Nc1ccc(-c2cc(N)cc(-c3cccc4c3-c3ccccc3C43c4ccccc4Oc4c(-c5cc(-c6ccccc6)nc(-c6ccccc6)n5)cccc43)c2)cc1. The first-order chi connectivity index (χ1) is 28.6. The second kappa shape index (κ2) is 13.2. The molecule has 1 aliphatic heterocycles. The first kappa shape index (κ1) is 33.6. The lowest BCUT2D eigenvalue weighted by molar-refractivity contribution is 0.438. The van der Waals surface area contributed by atoms with Crippen LogP contribution >= 0.6 is 0 Å². The molecule has 0 amide bonds. The first-order valence-electron chi connectivity index (χ1n) is 19.5. The number of anilines is 2. The quantitative estimate of drug-likeness (QED) is 0.171. The molecule has 5 heteroatoms. The molecule has 9 aromatic rings. The minimum atomic E-state index is -0.695. The molecule has 0 saturated carbocycles. The largest absolute Gasteiger partial charge is 0.456 e. The molecule has 4 N–H and O–H groups in total. The average molecular weight is 745 g/mol. The molecular weight excluding hydrogens is 709 g/mol. The zero-order valence-corrected chi connectivity index (χ0v) is 31.4. The Balaban J connectivity index is 1.17. The highest BCUT2D eigenvalue weighted by Crippen LogP contribution is 2.64. The standard InChI is InChI=1S/C53H36N4O/c54-38-27-25-33(26-28-38)36-29-37(31-39(55)30-36)40-18-11-22-45-50(40)41-17-7-8-20-43(41)53(45)44-21-9-10-24-49(44)58-51-42(19-12-23-46(51)53)48-32-47(34-13-3-1-4-14-34)56-52(57-48)35-15-5-2-6-16-35/h1-32H,54-55H2. The summed E-state index contributed by atoms with van der Waals surface area (Å²) in [4.78, 5) is 10.3. The minimum absolute atomic E-state index is 0.655. The Hall–Kier alpha value is -7.76. The lowest BCUT2D eigenvalue weighted by atomic mass is 9.65. The number of rotatable bonds is 5. The molecule has 1 aliphatic carbocycles. The van der Waals surface area contributed by atoms with Crippen LogP contribution in [-0.4, -0.2) is 9.97 Å². The number of aromatic nitrogens is 2. The summed E-state index contributed by atoms with van der Waals surface area (Å²) in [6, 6.07) is 67.3. The van der Waals surface area contributed by atoms with Gasteiger partial charge in [0.25, 0.3) is 0 Å². The van der Waals surface area contributed by atoms with Gasteiger partial charge in [-0.05, 0) is 93.0 Å². The number of hydrogen-bond donors (Lipinski definition) is 2. The van der Waals surface area contributed by atoms with Gasteiger partial charge in [-0.2, -0.15) is 0 Å². The summed E-state index contributed by atoms with van der Waals surface area (Å²) in [5, 5.41) is 0. The van der Waals surface area contributed by atoms with Gasteiger partial charge in [0.2, 0.25) is 0 Å². The normalized spacial score (nSPS) is 14.6. The molecule has 1 spiro atoms. The van der Waals surface area contributed by atoms with E-state index in [1.807, 2.05) is 66.7 Å². The van der Waals surface area contributed by atoms with Crippen molar-refractivity contribution in [1.29, 1.82) is 0 Å². The highest BCUT2D eigenvalue weighted by Gasteiger charge is 2.52. The second-order valence-corrected chi connectivity index (χ2v) is 15.0. The summed E-state index contributed by atoms with van der Waals surface area (Å²) in [5.41, 5.74) is 29.1. The van der Waals surface area contributed by atoms with Gasteiger partial charge in [0.1, 0.15) is 11.5 Å². The Morgan fingerprint density at radius 1 is 0.379 bits per heavy atom. The number of nitrogen functional groups attached to an aromatic ring is 2. The van der Waals surface area contributed by atoms with Crippen LogP contribution in [-0.2, 0) is 5.41 Å². The van der Waals surface area contributed by atoms with Crippen molar-refractivity contribution >= 4 is 11.4 Å². The van der Waals surface area contributed by atoms with E-state index in [1.165, 1.54) is 22.3 Å². The van der Waals surface area contributed by atoms with Crippen LogP contribution in [0, 0.1) is 0 Å². The van der Waals surface area contributed by atoms with Crippen molar-refractivity contribution in [1.82, 2.24) is 9.97 Å². The predicted molar refractivity (Wildman–Crippen MR) is 235 cm³/mol. The first-order valence-corrected chi connectivity index (χ1v) is 19.5. The predicted octanol–water partition coefficient (Wildman–Crippen LogP) is 12.4. The number of ether oxygens (including phenoxy) is 1. The van der Waals surface area contributed by atoms with Gasteiger partial charge in [-0.15, -0.1) is 0 Å². The molecule has 274 valence electrons. The van der Waals surface area contributed by atoms with Gasteiger partial charge in [-0.3, -0.25) is 0 Å². The summed E-state index contributed by atoms with van der Waals surface area (Å²) in [6.07, 6.45) is 0. The van der Waals surface area contributed by atoms with Crippen LogP contribution in [0.2, 0.25) is 0 Å². The molecule has 0 bridgehead atoms. The third kappa shape index (κ3) is 5.17. The van der Waals surface area contributed by atoms with Crippen LogP contribution in [0.15, 0.2) is 194 Å². The van der Waals surface area contributed by atoms with E-state index < -0.39 is 5.41 Å². The van der Waals surface area contributed by atoms with Crippen LogP contribution < -0.4 is 16.2 Å². The lowest BCUT2D eigenvalue weighted by Gasteiger charge is -2.40. The molecule has 58 heavy (non-hydrogen) atoms. The van der Waals surface area contributed by atoms with E-state index in [0.717, 1.165) is 78.6 Å². The summed E-state index contributed by atoms with van der Waals surface area (Å²) in [5.74, 6) is 2.24.